The molecule has 0 bridgehead atoms. The summed E-state index contributed by atoms with van der Waals surface area (Å²) in [5.41, 5.74) is 26.7. The summed E-state index contributed by atoms with van der Waals surface area (Å²) in [6.45, 7) is 2.12. The van der Waals surface area contributed by atoms with Crippen LogP contribution in [0.1, 0.15) is 32.6 Å². The van der Waals surface area contributed by atoms with E-state index in [1.165, 1.54) is 0 Å². The van der Waals surface area contributed by atoms with E-state index < -0.39 is 0 Å². The fraction of sp³-hybridized carbons (Fsp3) is 0.400. The molecular weight excluding hydrogens is 342 g/mol. The molecule has 10 heteroatoms. The van der Waals surface area contributed by atoms with Gasteiger partial charge in [-0.25, -0.2) is 9.98 Å². The minimum absolute atomic E-state index is 0.0141. The van der Waals surface area contributed by atoms with Crippen molar-refractivity contribution in [3.05, 3.63) is 29.3 Å². The van der Waals surface area contributed by atoms with Crippen LogP contribution in [0.5, 0.6) is 0 Å². The highest BCUT2D eigenvalue weighted by Gasteiger charge is 2.06. The van der Waals surface area contributed by atoms with E-state index >= 15 is 0 Å². The number of hydrogen-bond donors (Lipinski definition) is 7. The van der Waals surface area contributed by atoms with Gasteiger partial charge in [0.2, 0.25) is 0 Å². The van der Waals surface area contributed by atoms with Crippen molar-refractivity contribution in [2.24, 2.45) is 38.7 Å². The van der Waals surface area contributed by atoms with Crippen LogP contribution in [0.2, 0.25) is 5.02 Å². The zero-order valence-electron chi connectivity index (χ0n) is 14.4. The molecule has 0 fully saturated rings. The molecule has 1 aromatic carbocycles. The number of nitrogens with zero attached hydrogens (tertiary/aromatic N) is 2. The summed E-state index contributed by atoms with van der Waals surface area (Å²) < 4.78 is 0. The van der Waals surface area contributed by atoms with Crippen molar-refractivity contribution in [1.29, 1.82) is 5.41 Å². The number of nitrogens with one attached hydrogen (secondary N) is 2. The Bertz CT molecular complexity index is 561. The molecular formula is C15H28ClN9. The lowest BCUT2D eigenvalue weighted by molar-refractivity contribution is 0.535. The normalized spacial score (nSPS) is 10.6. The van der Waals surface area contributed by atoms with Crippen molar-refractivity contribution in [2.45, 2.75) is 38.8 Å². The van der Waals surface area contributed by atoms with Gasteiger partial charge in [0.05, 0.1) is 5.69 Å². The van der Waals surface area contributed by atoms with E-state index in [4.69, 9.17) is 45.7 Å². The smallest absolute Gasteiger partial charge is 0.191 e. The minimum atomic E-state index is -0.274. The first-order valence-corrected chi connectivity index (χ1v) is 8.16. The zero-order chi connectivity index (χ0) is 19.2. The quantitative estimate of drug-likeness (QED) is 0.212. The number of unbranched alkanes of at least 4 members (excludes halogenated alkanes) is 2. The van der Waals surface area contributed by atoms with E-state index in [1.54, 1.807) is 24.3 Å². The molecule has 1 aromatic rings. The van der Waals surface area contributed by atoms with Gasteiger partial charge in [0, 0.05) is 5.02 Å². The fourth-order valence-corrected chi connectivity index (χ4v) is 1.91. The largest absolute Gasteiger partial charge is 0.370 e. The predicted molar refractivity (Wildman–Crippen MR) is 106 cm³/mol. The minimum Gasteiger partial charge on any atom is -0.370 e. The van der Waals surface area contributed by atoms with Crippen LogP contribution in [0.25, 0.3) is 0 Å². The molecule has 0 spiro atoms. The lowest BCUT2D eigenvalue weighted by Gasteiger charge is -2.14. The Hall–Kier alpha value is -2.68. The Morgan fingerprint density at radius 3 is 2.12 bits per heavy atom. The van der Waals surface area contributed by atoms with Crippen LogP contribution in [0.15, 0.2) is 34.3 Å². The highest BCUT2D eigenvalue weighted by atomic mass is 35.5. The molecule has 1 atom stereocenters. The van der Waals surface area contributed by atoms with E-state index in [0.29, 0.717) is 10.7 Å². The third-order valence-electron chi connectivity index (χ3n) is 2.79. The number of benzene rings is 1. The second-order valence-corrected chi connectivity index (χ2v) is 5.57. The van der Waals surface area contributed by atoms with Gasteiger partial charge in [-0.3, -0.25) is 5.41 Å². The molecule has 0 saturated carbocycles. The van der Waals surface area contributed by atoms with Gasteiger partial charge in [-0.05, 0) is 37.1 Å². The molecule has 0 aliphatic carbocycles. The van der Waals surface area contributed by atoms with Crippen LogP contribution in [0.4, 0.5) is 5.69 Å². The lowest BCUT2D eigenvalue weighted by Crippen LogP contribution is -2.40. The SMILES string of the molecule is CCCCCC(N=C(N)N)NC(=N)N.NC(N)=Nc1ccc(Cl)cc1. The average Bonchev–Trinajstić information content (AvgIpc) is 2.49. The summed E-state index contributed by atoms with van der Waals surface area (Å²) in [7, 11) is 0. The maximum atomic E-state index is 7.07. The summed E-state index contributed by atoms with van der Waals surface area (Å²) in [6, 6.07) is 6.93. The van der Waals surface area contributed by atoms with Crippen molar-refractivity contribution in [1.82, 2.24) is 5.32 Å². The van der Waals surface area contributed by atoms with Crippen LogP contribution >= 0.6 is 11.6 Å². The zero-order valence-corrected chi connectivity index (χ0v) is 15.1. The average molecular weight is 370 g/mol. The highest BCUT2D eigenvalue weighted by Crippen LogP contribution is 2.15. The molecule has 12 N–H and O–H groups in total. The van der Waals surface area contributed by atoms with Crippen molar-refractivity contribution in [3.8, 4) is 0 Å². The summed E-state index contributed by atoms with van der Waals surface area (Å²) in [6.07, 6.45) is 3.78. The van der Waals surface area contributed by atoms with E-state index in [-0.39, 0.29) is 24.0 Å². The van der Waals surface area contributed by atoms with Gasteiger partial charge in [-0.2, -0.15) is 0 Å². The van der Waals surface area contributed by atoms with Crippen LogP contribution < -0.4 is 34.0 Å². The second kappa shape index (κ2) is 12.7. The number of guanidine groups is 3. The molecule has 140 valence electrons. The topological polar surface area (TPSA) is 191 Å². The lowest BCUT2D eigenvalue weighted by atomic mass is 10.2. The van der Waals surface area contributed by atoms with E-state index in [0.717, 1.165) is 25.7 Å². The number of nitrogens with two attached hydrogens (primary N) is 5. The highest BCUT2D eigenvalue weighted by molar-refractivity contribution is 6.30. The molecule has 0 aliphatic heterocycles. The third kappa shape index (κ3) is 13.5. The van der Waals surface area contributed by atoms with Gasteiger partial charge >= 0.3 is 0 Å². The Balaban J connectivity index is 0.000000472. The molecule has 1 unspecified atom stereocenters. The first-order valence-electron chi connectivity index (χ1n) is 7.79. The van der Waals surface area contributed by atoms with Gasteiger partial charge < -0.3 is 34.0 Å². The summed E-state index contributed by atoms with van der Waals surface area (Å²) >= 11 is 5.64. The monoisotopic (exact) mass is 369 g/mol. The predicted octanol–water partition coefficient (Wildman–Crippen LogP) is 0.894. The van der Waals surface area contributed by atoms with E-state index in [2.05, 4.69) is 22.2 Å². The first kappa shape index (κ1) is 22.3. The Morgan fingerprint density at radius 2 is 1.68 bits per heavy atom. The van der Waals surface area contributed by atoms with Crippen molar-refractivity contribution < 1.29 is 0 Å². The van der Waals surface area contributed by atoms with Gasteiger partial charge in [-0.1, -0.05) is 31.4 Å². The summed E-state index contributed by atoms with van der Waals surface area (Å²) in [5, 5.41) is 10.4. The third-order valence-corrected chi connectivity index (χ3v) is 3.04. The fourth-order valence-electron chi connectivity index (χ4n) is 1.78. The summed E-state index contributed by atoms with van der Waals surface area (Å²) in [5.74, 6) is -0.0518. The standard InChI is InChI=1S/C8H20N6.C7H8ClN3/c1-2-3-4-5-6(13-7(9)10)14-8(11)12;8-5-1-3-6(4-2-5)11-7(9)10/h6H,2-5H2,1H3,(H4,9,10,13)(H4,11,12,14);1-4H,(H4,9,10,11). The van der Waals surface area contributed by atoms with Gasteiger partial charge in [-0.15, -0.1) is 0 Å². The molecule has 0 saturated heterocycles. The van der Waals surface area contributed by atoms with Gasteiger partial charge in [0.1, 0.15) is 6.17 Å². The van der Waals surface area contributed by atoms with Crippen molar-refractivity contribution >= 4 is 35.2 Å². The molecule has 25 heavy (non-hydrogen) atoms. The number of rotatable bonds is 7. The van der Waals surface area contributed by atoms with Crippen molar-refractivity contribution in [2.75, 3.05) is 0 Å². The maximum absolute atomic E-state index is 7.07. The molecule has 1 rings (SSSR count). The first-order chi connectivity index (χ1) is 11.7. The van der Waals surface area contributed by atoms with Gasteiger partial charge in [0.15, 0.2) is 17.9 Å². The maximum Gasteiger partial charge on any atom is 0.191 e. The molecule has 0 amide bonds. The second-order valence-electron chi connectivity index (χ2n) is 5.14. The number of halogens is 1. The summed E-state index contributed by atoms with van der Waals surface area (Å²) in [4.78, 5) is 7.74. The van der Waals surface area contributed by atoms with Crippen molar-refractivity contribution in [3.63, 3.8) is 0 Å². The molecule has 0 aromatic heterocycles. The molecule has 9 nitrogen and oxygen atoms in total. The molecule has 0 aliphatic rings. The van der Waals surface area contributed by atoms with E-state index in [1.807, 2.05) is 0 Å². The van der Waals surface area contributed by atoms with Crippen LogP contribution in [0.3, 0.4) is 0 Å². The van der Waals surface area contributed by atoms with Crippen LogP contribution in [0, 0.1) is 5.41 Å². The molecule has 0 radical (unpaired) electrons. The van der Waals surface area contributed by atoms with Gasteiger partial charge in [0.25, 0.3) is 0 Å². The van der Waals surface area contributed by atoms with E-state index in [9.17, 15) is 0 Å². The number of hydrogen-bond acceptors (Lipinski definition) is 3. The molecule has 0 heterocycles. The Labute approximate surface area is 153 Å². The van der Waals surface area contributed by atoms with Crippen LogP contribution in [-0.4, -0.2) is 24.0 Å². The Kier molecular flexibility index (Phi) is 11.3. The van der Waals surface area contributed by atoms with Crippen LogP contribution in [-0.2, 0) is 0 Å². The Morgan fingerprint density at radius 1 is 1.08 bits per heavy atom. The number of aliphatic imine (C=N–C) groups is 2.